The zero-order chi connectivity index (χ0) is 13.6. The van der Waals surface area contributed by atoms with E-state index < -0.39 is 31.2 Å². The summed E-state index contributed by atoms with van der Waals surface area (Å²) in [5.41, 5.74) is 6.32. The molecule has 3 rings (SSSR count). The maximum absolute atomic E-state index is 13.7. The number of imidazole rings is 1. The third-order valence-corrected chi connectivity index (χ3v) is 3.13. The lowest BCUT2D eigenvalue weighted by atomic mass is 10.1. The van der Waals surface area contributed by atoms with Gasteiger partial charge >= 0.3 is 0 Å². The van der Waals surface area contributed by atoms with Crippen LogP contribution in [0.3, 0.4) is 0 Å². The van der Waals surface area contributed by atoms with Crippen molar-refractivity contribution >= 4 is 17.0 Å². The molecule has 4 N–H and O–H groups in total. The Bertz CT molecular complexity index is 606. The van der Waals surface area contributed by atoms with Gasteiger partial charge in [-0.25, -0.2) is 19.3 Å². The van der Waals surface area contributed by atoms with E-state index >= 15 is 0 Å². The molecule has 0 aromatic carbocycles. The topological polar surface area (TPSA) is 119 Å². The van der Waals surface area contributed by atoms with Crippen molar-refractivity contribution in [2.75, 3.05) is 12.3 Å². The van der Waals surface area contributed by atoms with Gasteiger partial charge in [-0.2, -0.15) is 0 Å². The van der Waals surface area contributed by atoms with Crippen LogP contribution in [0.1, 0.15) is 6.23 Å². The molecule has 0 unspecified atom stereocenters. The molecule has 0 aliphatic carbocycles. The summed E-state index contributed by atoms with van der Waals surface area (Å²) in [6.45, 7) is -0.515. The predicted octanol–water partition coefficient (Wildman–Crippen LogP) is -1.00. The Morgan fingerprint density at radius 2 is 2.21 bits per heavy atom. The molecule has 0 spiro atoms. The van der Waals surface area contributed by atoms with Gasteiger partial charge in [0.15, 0.2) is 23.9 Å². The number of rotatable bonds is 2. The minimum Gasteiger partial charge on any atom is -0.394 e. The molecular weight excluding hydrogens is 257 g/mol. The zero-order valence-electron chi connectivity index (χ0n) is 9.72. The van der Waals surface area contributed by atoms with Gasteiger partial charge in [-0.05, 0) is 0 Å². The average molecular weight is 269 g/mol. The lowest BCUT2D eigenvalue weighted by Gasteiger charge is -2.15. The van der Waals surface area contributed by atoms with E-state index in [1.165, 1.54) is 17.2 Å². The molecular formula is C10H12FN5O3. The first kappa shape index (κ1) is 12.2. The van der Waals surface area contributed by atoms with Crippen LogP contribution in [0.15, 0.2) is 12.7 Å². The number of hydrogen-bond donors (Lipinski definition) is 3. The van der Waals surface area contributed by atoms with Gasteiger partial charge in [0, 0.05) is 0 Å². The fourth-order valence-electron chi connectivity index (χ4n) is 2.14. The predicted molar refractivity (Wildman–Crippen MR) is 61.6 cm³/mol. The number of nitrogens with zero attached hydrogens (tertiary/aromatic N) is 4. The van der Waals surface area contributed by atoms with E-state index in [4.69, 9.17) is 15.6 Å². The second-order valence-electron chi connectivity index (χ2n) is 4.27. The monoisotopic (exact) mass is 269 g/mol. The molecule has 1 aliphatic heterocycles. The molecule has 1 fully saturated rings. The number of halogens is 1. The number of anilines is 1. The number of ether oxygens (including phenoxy) is 1. The Kier molecular flexibility index (Phi) is 2.81. The van der Waals surface area contributed by atoms with Gasteiger partial charge < -0.3 is 20.7 Å². The molecule has 9 heteroatoms. The summed E-state index contributed by atoms with van der Waals surface area (Å²) in [6, 6.07) is 0. The first-order chi connectivity index (χ1) is 9.13. The lowest BCUT2D eigenvalue weighted by Crippen LogP contribution is -2.29. The maximum Gasteiger partial charge on any atom is 0.167 e. The molecule has 1 saturated heterocycles. The number of alkyl halides is 1. The first-order valence-corrected chi connectivity index (χ1v) is 5.65. The fourth-order valence-corrected chi connectivity index (χ4v) is 2.14. The number of aliphatic hydroxyl groups excluding tert-OH is 2. The molecule has 2 aromatic heterocycles. The van der Waals surface area contributed by atoms with Crippen molar-refractivity contribution in [1.82, 2.24) is 19.5 Å². The van der Waals surface area contributed by atoms with E-state index in [1.54, 1.807) is 0 Å². The van der Waals surface area contributed by atoms with Gasteiger partial charge in [0.2, 0.25) is 0 Å². The number of fused-ring (bicyclic) bond motifs is 1. The number of hydrogen-bond acceptors (Lipinski definition) is 7. The van der Waals surface area contributed by atoms with Crippen molar-refractivity contribution in [2.24, 2.45) is 0 Å². The Hall–Kier alpha value is -1.84. The molecule has 19 heavy (non-hydrogen) atoms. The van der Waals surface area contributed by atoms with Crippen LogP contribution < -0.4 is 5.73 Å². The summed E-state index contributed by atoms with van der Waals surface area (Å²) < 4.78 is 20.3. The highest BCUT2D eigenvalue weighted by Gasteiger charge is 2.45. The highest BCUT2D eigenvalue weighted by atomic mass is 19.1. The minimum atomic E-state index is -1.67. The summed E-state index contributed by atoms with van der Waals surface area (Å²) in [6.07, 6.45) is -2.58. The van der Waals surface area contributed by atoms with Gasteiger partial charge in [-0.3, -0.25) is 4.57 Å². The summed E-state index contributed by atoms with van der Waals surface area (Å²) in [4.78, 5) is 11.8. The largest absolute Gasteiger partial charge is 0.394 e. The third-order valence-electron chi connectivity index (χ3n) is 3.13. The average Bonchev–Trinajstić information content (AvgIpc) is 2.94. The van der Waals surface area contributed by atoms with Crippen LogP contribution in [-0.4, -0.2) is 54.7 Å². The molecule has 2 aromatic rings. The van der Waals surface area contributed by atoms with Crippen molar-refractivity contribution in [3.8, 4) is 0 Å². The van der Waals surface area contributed by atoms with Gasteiger partial charge in [0.25, 0.3) is 0 Å². The SMILES string of the molecule is Nc1ncnc2c1ncn2[C@@H]1O[C@@H](CO)[C@@H](F)[C@H]1O. The van der Waals surface area contributed by atoms with Crippen LogP contribution in [0.2, 0.25) is 0 Å². The van der Waals surface area contributed by atoms with Crippen LogP contribution in [0.25, 0.3) is 11.2 Å². The second-order valence-corrected chi connectivity index (χ2v) is 4.27. The molecule has 0 amide bonds. The summed E-state index contributed by atoms with van der Waals surface area (Å²) in [5, 5.41) is 18.8. The van der Waals surface area contributed by atoms with E-state index in [-0.39, 0.29) is 5.82 Å². The lowest BCUT2D eigenvalue weighted by molar-refractivity contribution is -0.0495. The summed E-state index contributed by atoms with van der Waals surface area (Å²) in [7, 11) is 0. The highest BCUT2D eigenvalue weighted by molar-refractivity contribution is 5.81. The molecule has 0 radical (unpaired) electrons. The fraction of sp³-hybridized carbons (Fsp3) is 0.500. The molecule has 1 aliphatic rings. The van der Waals surface area contributed by atoms with Crippen LogP contribution in [0.4, 0.5) is 10.2 Å². The normalized spacial score (nSPS) is 31.1. The van der Waals surface area contributed by atoms with Crippen LogP contribution in [0.5, 0.6) is 0 Å². The quantitative estimate of drug-likeness (QED) is 0.639. The number of nitrogen functional groups attached to an aromatic ring is 1. The third kappa shape index (κ3) is 1.74. The van der Waals surface area contributed by atoms with Gasteiger partial charge in [-0.1, -0.05) is 0 Å². The van der Waals surface area contributed by atoms with Gasteiger partial charge in [0.05, 0.1) is 12.9 Å². The number of aromatic nitrogens is 4. The van der Waals surface area contributed by atoms with Crippen LogP contribution in [0, 0.1) is 0 Å². The van der Waals surface area contributed by atoms with Crippen molar-refractivity contribution in [3.05, 3.63) is 12.7 Å². The smallest absolute Gasteiger partial charge is 0.167 e. The van der Waals surface area contributed by atoms with Crippen LogP contribution >= 0.6 is 0 Å². The van der Waals surface area contributed by atoms with Crippen LogP contribution in [-0.2, 0) is 4.74 Å². The molecule has 4 atom stereocenters. The standard InChI is InChI=1S/C10H12FN5O3/c11-5-4(1-17)19-10(7(5)18)16-3-15-6-8(12)13-2-14-9(6)16/h2-5,7,10,17-18H,1H2,(H2,12,13,14)/t4-,5+,7+,10+/m0/s1. The highest BCUT2D eigenvalue weighted by Crippen LogP contribution is 2.33. The van der Waals surface area contributed by atoms with Crippen molar-refractivity contribution in [3.63, 3.8) is 0 Å². The first-order valence-electron chi connectivity index (χ1n) is 5.65. The van der Waals surface area contributed by atoms with E-state index in [1.807, 2.05) is 0 Å². The second kappa shape index (κ2) is 4.37. The minimum absolute atomic E-state index is 0.187. The van der Waals surface area contributed by atoms with Crippen molar-refractivity contribution in [2.45, 2.75) is 24.6 Å². The van der Waals surface area contributed by atoms with E-state index in [0.717, 1.165) is 0 Å². The Balaban J connectivity index is 2.04. The van der Waals surface area contributed by atoms with Crippen molar-refractivity contribution in [1.29, 1.82) is 0 Å². The van der Waals surface area contributed by atoms with Crippen molar-refractivity contribution < 1.29 is 19.3 Å². The Morgan fingerprint density at radius 3 is 2.89 bits per heavy atom. The molecule has 0 bridgehead atoms. The summed E-state index contributed by atoms with van der Waals surface area (Å²) >= 11 is 0. The molecule has 8 nitrogen and oxygen atoms in total. The Morgan fingerprint density at radius 1 is 1.42 bits per heavy atom. The van der Waals surface area contributed by atoms with E-state index in [0.29, 0.717) is 11.2 Å². The van der Waals surface area contributed by atoms with E-state index in [9.17, 15) is 9.50 Å². The zero-order valence-corrected chi connectivity index (χ0v) is 9.72. The number of aliphatic hydroxyl groups is 2. The molecule has 3 heterocycles. The number of nitrogens with two attached hydrogens (primary N) is 1. The summed E-state index contributed by atoms with van der Waals surface area (Å²) in [5.74, 6) is 0.187. The maximum atomic E-state index is 13.7. The van der Waals surface area contributed by atoms with E-state index in [2.05, 4.69) is 15.0 Å². The Labute approximate surface area is 106 Å². The molecule has 0 saturated carbocycles. The van der Waals surface area contributed by atoms with Gasteiger partial charge in [0.1, 0.15) is 24.1 Å². The van der Waals surface area contributed by atoms with Gasteiger partial charge in [-0.15, -0.1) is 0 Å². The molecule has 102 valence electrons.